The van der Waals surface area contributed by atoms with Crippen molar-refractivity contribution in [3.8, 4) is 0 Å². The van der Waals surface area contributed by atoms with Gasteiger partial charge in [-0.25, -0.2) is 9.18 Å². The maximum absolute atomic E-state index is 14.4. The van der Waals surface area contributed by atoms with Crippen molar-refractivity contribution in [3.63, 3.8) is 0 Å². The van der Waals surface area contributed by atoms with Crippen LogP contribution in [0, 0.1) is 18.7 Å². The normalized spacial score (nSPS) is 23.5. The molecule has 2 unspecified atom stereocenters. The number of benzene rings is 2. The van der Waals surface area contributed by atoms with Crippen molar-refractivity contribution in [2.24, 2.45) is 5.92 Å². The van der Waals surface area contributed by atoms with Crippen LogP contribution >= 0.6 is 0 Å². The van der Waals surface area contributed by atoms with Gasteiger partial charge < -0.3 is 9.64 Å². The molecule has 0 N–H and O–H groups in total. The summed E-state index contributed by atoms with van der Waals surface area (Å²) in [6, 6.07) is 14.5. The number of nitrogens with zero attached hydrogens (tertiary/aromatic N) is 1. The third-order valence-electron chi connectivity index (χ3n) is 5.98. The molecule has 0 aliphatic carbocycles. The van der Waals surface area contributed by atoms with Crippen molar-refractivity contribution in [1.82, 2.24) is 4.90 Å². The molecule has 28 heavy (non-hydrogen) atoms. The van der Waals surface area contributed by atoms with E-state index in [1.54, 1.807) is 30.0 Å². The average Bonchev–Trinajstić information content (AvgIpc) is 2.98. The zero-order valence-corrected chi connectivity index (χ0v) is 15.9. The molecule has 0 radical (unpaired) electrons. The zero-order chi connectivity index (χ0) is 19.7. The molecule has 2 fully saturated rings. The van der Waals surface area contributed by atoms with Crippen molar-refractivity contribution < 1.29 is 18.7 Å². The predicted molar refractivity (Wildman–Crippen MR) is 103 cm³/mol. The van der Waals surface area contributed by atoms with Crippen molar-refractivity contribution in [3.05, 3.63) is 71.0 Å². The van der Waals surface area contributed by atoms with Gasteiger partial charge in [-0.05, 0) is 49.8 Å². The summed E-state index contributed by atoms with van der Waals surface area (Å²) in [5.41, 5.74) is 1.60. The number of carbonyl (C=O) groups excluding carboxylic acids is 2. The molecular formula is C23H24FNO3. The summed E-state index contributed by atoms with van der Waals surface area (Å²) in [7, 11) is 0. The number of aryl methyl sites for hydroxylation is 1. The van der Waals surface area contributed by atoms with Gasteiger partial charge in [0.15, 0.2) is 5.78 Å². The average molecular weight is 381 g/mol. The summed E-state index contributed by atoms with van der Waals surface area (Å²) in [5.74, 6) is -0.813. The smallest absolute Gasteiger partial charge is 0.410 e. The molecule has 2 aliphatic heterocycles. The quantitative estimate of drug-likeness (QED) is 0.708. The minimum absolute atomic E-state index is 0.0103. The summed E-state index contributed by atoms with van der Waals surface area (Å²) in [5, 5.41) is 0. The van der Waals surface area contributed by atoms with Crippen LogP contribution in [-0.2, 0) is 11.3 Å². The van der Waals surface area contributed by atoms with E-state index in [1.807, 2.05) is 30.3 Å². The van der Waals surface area contributed by atoms with Gasteiger partial charge in [-0.2, -0.15) is 0 Å². The van der Waals surface area contributed by atoms with Crippen LogP contribution in [0.2, 0.25) is 0 Å². The van der Waals surface area contributed by atoms with Gasteiger partial charge in [-0.3, -0.25) is 4.79 Å². The third-order valence-corrected chi connectivity index (χ3v) is 5.98. The van der Waals surface area contributed by atoms with E-state index in [-0.39, 0.29) is 42.0 Å². The minimum atomic E-state index is -0.426. The predicted octanol–water partition coefficient (Wildman–Crippen LogP) is 4.90. The molecule has 146 valence electrons. The number of carbonyl (C=O) groups is 2. The molecule has 2 saturated heterocycles. The molecule has 2 aliphatic rings. The van der Waals surface area contributed by atoms with Gasteiger partial charge in [0.2, 0.25) is 0 Å². The van der Waals surface area contributed by atoms with Crippen molar-refractivity contribution in [2.75, 3.05) is 0 Å². The van der Waals surface area contributed by atoms with Crippen molar-refractivity contribution in [1.29, 1.82) is 0 Å². The lowest BCUT2D eigenvalue weighted by atomic mass is 9.84. The molecule has 4 nitrogen and oxygen atoms in total. The third kappa shape index (κ3) is 3.53. The molecule has 0 aromatic heterocycles. The van der Waals surface area contributed by atoms with Gasteiger partial charge in [-0.15, -0.1) is 0 Å². The molecule has 2 heterocycles. The second-order valence-electron chi connectivity index (χ2n) is 7.80. The highest BCUT2D eigenvalue weighted by Crippen LogP contribution is 2.40. The highest BCUT2D eigenvalue weighted by molar-refractivity contribution is 5.98. The van der Waals surface area contributed by atoms with Crippen LogP contribution in [0.5, 0.6) is 0 Å². The summed E-state index contributed by atoms with van der Waals surface area (Å²) < 4.78 is 19.9. The Bertz CT molecular complexity index is 869. The van der Waals surface area contributed by atoms with E-state index in [2.05, 4.69) is 0 Å². The highest BCUT2D eigenvalue weighted by atomic mass is 19.1. The maximum Gasteiger partial charge on any atom is 0.410 e. The standard InChI is InChI=1S/C23H24FNO3/c1-15-6-5-9-20(21(15)24)22(26)17-12-18-10-11-19(13-17)25(18)23(27)28-14-16-7-3-2-4-8-16/h2-9,17-19H,10-14H2,1H3. The van der Waals surface area contributed by atoms with E-state index < -0.39 is 5.82 Å². The summed E-state index contributed by atoms with van der Waals surface area (Å²) >= 11 is 0. The Labute approximate surface area is 164 Å². The molecule has 0 spiro atoms. The Morgan fingerprint density at radius 1 is 1.04 bits per heavy atom. The molecule has 1 amide bonds. The molecule has 2 aromatic carbocycles. The minimum Gasteiger partial charge on any atom is -0.445 e. The lowest BCUT2D eigenvalue weighted by Crippen LogP contribution is -2.48. The Morgan fingerprint density at radius 2 is 1.71 bits per heavy atom. The summed E-state index contributed by atoms with van der Waals surface area (Å²) in [4.78, 5) is 27.3. The van der Waals surface area contributed by atoms with Gasteiger partial charge in [-0.1, -0.05) is 42.5 Å². The monoisotopic (exact) mass is 381 g/mol. The Balaban J connectivity index is 1.42. The first-order chi connectivity index (χ1) is 13.5. The van der Waals surface area contributed by atoms with Crippen LogP contribution in [0.1, 0.15) is 47.2 Å². The number of ether oxygens (including phenoxy) is 1. The number of hydrogen-bond donors (Lipinski definition) is 0. The second kappa shape index (κ2) is 7.74. The molecule has 2 atom stereocenters. The van der Waals surface area contributed by atoms with Gasteiger partial charge in [0, 0.05) is 18.0 Å². The fraction of sp³-hybridized carbons (Fsp3) is 0.391. The maximum atomic E-state index is 14.4. The zero-order valence-electron chi connectivity index (χ0n) is 15.9. The number of Topliss-reactive ketones (excluding diaryl/α,β-unsaturated/α-hetero) is 1. The topological polar surface area (TPSA) is 46.6 Å². The second-order valence-corrected chi connectivity index (χ2v) is 7.80. The number of rotatable bonds is 4. The Kier molecular flexibility index (Phi) is 5.16. The summed E-state index contributed by atoms with van der Waals surface area (Å²) in [6.45, 7) is 1.91. The molecule has 4 rings (SSSR count). The SMILES string of the molecule is Cc1cccc(C(=O)C2CC3CCC(C2)N3C(=O)OCc2ccccc2)c1F. The van der Waals surface area contributed by atoms with Crippen LogP contribution in [0.3, 0.4) is 0 Å². The summed E-state index contributed by atoms with van der Waals surface area (Å²) in [6.07, 6.45) is 2.56. The van der Waals surface area contributed by atoms with Gasteiger partial charge in [0.1, 0.15) is 12.4 Å². The molecule has 2 bridgehead atoms. The van der Waals surface area contributed by atoms with Gasteiger partial charge in [0.25, 0.3) is 0 Å². The van der Waals surface area contributed by atoms with E-state index >= 15 is 0 Å². The molecule has 5 heteroatoms. The first-order valence-corrected chi connectivity index (χ1v) is 9.83. The molecule has 0 saturated carbocycles. The highest BCUT2D eigenvalue weighted by Gasteiger charge is 2.46. The van der Waals surface area contributed by atoms with Crippen LogP contribution in [0.25, 0.3) is 0 Å². The largest absolute Gasteiger partial charge is 0.445 e. The van der Waals surface area contributed by atoms with E-state index in [0.29, 0.717) is 18.4 Å². The number of piperidine rings is 1. The van der Waals surface area contributed by atoms with Gasteiger partial charge >= 0.3 is 6.09 Å². The van der Waals surface area contributed by atoms with Gasteiger partial charge in [0.05, 0.1) is 5.56 Å². The van der Waals surface area contributed by atoms with Crippen LogP contribution in [-0.4, -0.2) is 28.9 Å². The lowest BCUT2D eigenvalue weighted by Gasteiger charge is -2.37. The first-order valence-electron chi connectivity index (χ1n) is 9.83. The van der Waals surface area contributed by atoms with Crippen LogP contribution in [0.4, 0.5) is 9.18 Å². The number of ketones is 1. The molecular weight excluding hydrogens is 357 g/mol. The fourth-order valence-electron chi connectivity index (χ4n) is 4.54. The van der Waals surface area contributed by atoms with Crippen molar-refractivity contribution in [2.45, 2.75) is 51.3 Å². The number of amides is 1. The number of halogens is 1. The Morgan fingerprint density at radius 3 is 2.39 bits per heavy atom. The Hall–Kier alpha value is -2.69. The van der Waals surface area contributed by atoms with E-state index in [0.717, 1.165) is 18.4 Å². The van der Waals surface area contributed by atoms with E-state index in [9.17, 15) is 14.0 Å². The number of hydrogen-bond acceptors (Lipinski definition) is 3. The first kappa shape index (κ1) is 18.7. The lowest BCUT2D eigenvalue weighted by molar-refractivity contribution is 0.0483. The number of fused-ring (bicyclic) bond motifs is 2. The van der Waals surface area contributed by atoms with E-state index in [1.165, 1.54) is 0 Å². The van der Waals surface area contributed by atoms with Crippen LogP contribution in [0.15, 0.2) is 48.5 Å². The van der Waals surface area contributed by atoms with Crippen molar-refractivity contribution >= 4 is 11.9 Å². The molecule has 2 aromatic rings. The van der Waals surface area contributed by atoms with E-state index in [4.69, 9.17) is 4.74 Å². The van der Waals surface area contributed by atoms with Crippen LogP contribution < -0.4 is 0 Å². The fourth-order valence-corrected chi connectivity index (χ4v) is 4.54.